The van der Waals surface area contributed by atoms with E-state index in [1.165, 1.54) is 0 Å². The van der Waals surface area contributed by atoms with Crippen LogP contribution in [0.5, 0.6) is 5.75 Å². The summed E-state index contributed by atoms with van der Waals surface area (Å²) in [6, 6.07) is 5.65. The number of fused-ring (bicyclic) bond motifs is 1. The average molecular weight is 159 g/mol. The van der Waals surface area contributed by atoms with Gasteiger partial charge in [-0.1, -0.05) is 0 Å². The molecule has 0 aliphatic rings. The summed E-state index contributed by atoms with van der Waals surface area (Å²) in [5.41, 5.74) is 0.851. The SMILES string of the molecule is COc1ccc2cn[c]nc2c1. The molecule has 0 atom stereocenters. The van der Waals surface area contributed by atoms with E-state index in [2.05, 4.69) is 16.3 Å². The Kier molecular flexibility index (Phi) is 1.63. The van der Waals surface area contributed by atoms with E-state index in [9.17, 15) is 0 Å². The normalized spacial score (nSPS) is 10.1. The maximum absolute atomic E-state index is 5.05. The van der Waals surface area contributed by atoms with Crippen LogP contribution in [0.4, 0.5) is 0 Å². The summed E-state index contributed by atoms with van der Waals surface area (Å²) < 4.78 is 5.05. The number of hydrogen-bond donors (Lipinski definition) is 0. The minimum atomic E-state index is 0.801. The van der Waals surface area contributed by atoms with Gasteiger partial charge in [0.25, 0.3) is 0 Å². The first-order valence-corrected chi connectivity index (χ1v) is 3.57. The first kappa shape index (κ1) is 7.03. The van der Waals surface area contributed by atoms with Gasteiger partial charge in [-0.15, -0.1) is 0 Å². The molecule has 0 aliphatic heterocycles. The van der Waals surface area contributed by atoms with Crippen molar-refractivity contribution in [2.24, 2.45) is 0 Å². The van der Waals surface area contributed by atoms with Crippen LogP contribution in [-0.4, -0.2) is 17.1 Å². The third-order valence-electron chi connectivity index (χ3n) is 1.67. The Balaban J connectivity index is 2.67. The van der Waals surface area contributed by atoms with E-state index in [0.29, 0.717) is 0 Å². The number of methoxy groups -OCH3 is 1. The highest BCUT2D eigenvalue weighted by Gasteiger charge is 1.95. The molecule has 0 fully saturated rings. The second-order valence-electron chi connectivity index (χ2n) is 2.39. The fraction of sp³-hybridized carbons (Fsp3) is 0.111. The Morgan fingerprint density at radius 1 is 1.42 bits per heavy atom. The molecule has 3 nitrogen and oxygen atoms in total. The summed E-state index contributed by atoms with van der Waals surface area (Å²) in [4.78, 5) is 7.77. The van der Waals surface area contributed by atoms with Crippen molar-refractivity contribution in [2.45, 2.75) is 0 Å². The standard InChI is InChI=1S/C9H7N2O/c1-12-8-3-2-7-5-10-6-11-9(7)4-8/h2-5H,1H3. The zero-order valence-electron chi connectivity index (χ0n) is 6.61. The van der Waals surface area contributed by atoms with Gasteiger partial charge in [0.15, 0.2) is 6.33 Å². The maximum atomic E-state index is 5.05. The van der Waals surface area contributed by atoms with Crippen LogP contribution in [0.15, 0.2) is 24.4 Å². The van der Waals surface area contributed by atoms with Gasteiger partial charge in [0.2, 0.25) is 0 Å². The fourth-order valence-electron chi connectivity index (χ4n) is 1.04. The lowest BCUT2D eigenvalue weighted by Crippen LogP contribution is -1.85. The number of rotatable bonds is 1. The van der Waals surface area contributed by atoms with Crippen molar-refractivity contribution in [3.05, 3.63) is 30.7 Å². The summed E-state index contributed by atoms with van der Waals surface area (Å²) >= 11 is 0. The van der Waals surface area contributed by atoms with Crippen molar-refractivity contribution in [2.75, 3.05) is 7.11 Å². The highest BCUT2D eigenvalue weighted by Crippen LogP contribution is 2.16. The van der Waals surface area contributed by atoms with Crippen molar-refractivity contribution in [1.29, 1.82) is 0 Å². The van der Waals surface area contributed by atoms with Crippen molar-refractivity contribution < 1.29 is 4.74 Å². The van der Waals surface area contributed by atoms with Gasteiger partial charge in [0, 0.05) is 17.6 Å². The van der Waals surface area contributed by atoms with Crippen LogP contribution in [-0.2, 0) is 0 Å². The van der Waals surface area contributed by atoms with Gasteiger partial charge < -0.3 is 4.74 Å². The molecule has 3 heteroatoms. The zero-order chi connectivity index (χ0) is 8.39. The topological polar surface area (TPSA) is 35.0 Å². The molecular formula is C9H7N2O. The van der Waals surface area contributed by atoms with Gasteiger partial charge in [-0.3, -0.25) is 0 Å². The Bertz CT molecular complexity index is 400. The first-order valence-electron chi connectivity index (χ1n) is 3.57. The van der Waals surface area contributed by atoms with Crippen molar-refractivity contribution in [3.63, 3.8) is 0 Å². The van der Waals surface area contributed by atoms with Gasteiger partial charge >= 0.3 is 0 Å². The Hall–Kier alpha value is -1.64. The van der Waals surface area contributed by atoms with Gasteiger partial charge in [0.05, 0.1) is 12.6 Å². The molecule has 0 amide bonds. The minimum Gasteiger partial charge on any atom is -0.497 e. The fourth-order valence-corrected chi connectivity index (χ4v) is 1.04. The zero-order valence-corrected chi connectivity index (χ0v) is 6.61. The van der Waals surface area contributed by atoms with Crippen LogP contribution in [0.3, 0.4) is 0 Å². The Labute approximate surface area is 70.0 Å². The molecule has 0 N–H and O–H groups in total. The number of hydrogen-bond acceptors (Lipinski definition) is 3. The van der Waals surface area contributed by atoms with E-state index in [-0.39, 0.29) is 0 Å². The van der Waals surface area contributed by atoms with Crippen LogP contribution in [0.2, 0.25) is 0 Å². The van der Waals surface area contributed by atoms with E-state index in [0.717, 1.165) is 16.7 Å². The van der Waals surface area contributed by atoms with Crippen molar-refractivity contribution in [1.82, 2.24) is 9.97 Å². The molecule has 0 saturated carbocycles. The first-order chi connectivity index (χ1) is 5.90. The predicted octanol–water partition coefficient (Wildman–Crippen LogP) is 1.44. The number of nitrogens with zero attached hydrogens (tertiary/aromatic N) is 2. The summed E-state index contributed by atoms with van der Waals surface area (Å²) in [5, 5.41) is 0.995. The molecule has 0 saturated heterocycles. The van der Waals surface area contributed by atoms with Crippen molar-refractivity contribution in [3.8, 4) is 5.75 Å². The molecule has 0 aliphatic carbocycles. The Morgan fingerprint density at radius 3 is 3.17 bits per heavy atom. The lowest BCUT2D eigenvalue weighted by Gasteiger charge is -1.99. The largest absolute Gasteiger partial charge is 0.497 e. The third kappa shape index (κ3) is 1.09. The summed E-state index contributed by atoms with van der Waals surface area (Å²) in [7, 11) is 1.63. The van der Waals surface area contributed by atoms with Crippen LogP contribution in [0, 0.1) is 6.33 Å². The molecule has 12 heavy (non-hydrogen) atoms. The van der Waals surface area contributed by atoms with E-state index < -0.39 is 0 Å². The molecule has 1 aromatic heterocycles. The summed E-state index contributed by atoms with van der Waals surface area (Å²) in [6.07, 6.45) is 4.26. The molecule has 1 radical (unpaired) electrons. The second-order valence-corrected chi connectivity index (χ2v) is 2.39. The van der Waals surface area contributed by atoms with E-state index in [4.69, 9.17) is 4.74 Å². The van der Waals surface area contributed by atoms with Crippen LogP contribution in [0.1, 0.15) is 0 Å². The predicted molar refractivity (Wildman–Crippen MR) is 44.9 cm³/mol. The van der Waals surface area contributed by atoms with Crippen LogP contribution < -0.4 is 4.74 Å². The molecule has 1 heterocycles. The van der Waals surface area contributed by atoms with Gasteiger partial charge in [-0.25, -0.2) is 9.97 Å². The lowest BCUT2D eigenvalue weighted by atomic mass is 10.2. The number of ether oxygens (including phenoxy) is 1. The van der Waals surface area contributed by atoms with Crippen LogP contribution in [0.25, 0.3) is 10.9 Å². The molecule has 2 rings (SSSR count). The average Bonchev–Trinajstić information content (AvgIpc) is 2.17. The van der Waals surface area contributed by atoms with E-state index in [1.54, 1.807) is 13.3 Å². The lowest BCUT2D eigenvalue weighted by molar-refractivity contribution is 0.415. The second kappa shape index (κ2) is 2.77. The Morgan fingerprint density at radius 2 is 2.33 bits per heavy atom. The molecular weight excluding hydrogens is 152 g/mol. The number of aromatic nitrogens is 2. The maximum Gasteiger partial charge on any atom is 0.198 e. The molecule has 0 spiro atoms. The highest BCUT2D eigenvalue weighted by molar-refractivity contribution is 5.78. The molecule has 59 valence electrons. The van der Waals surface area contributed by atoms with Gasteiger partial charge in [-0.2, -0.15) is 0 Å². The van der Waals surface area contributed by atoms with E-state index >= 15 is 0 Å². The van der Waals surface area contributed by atoms with Crippen molar-refractivity contribution >= 4 is 10.9 Å². The quantitative estimate of drug-likeness (QED) is 0.631. The van der Waals surface area contributed by atoms with Gasteiger partial charge in [-0.05, 0) is 12.1 Å². The molecule has 0 unspecified atom stereocenters. The van der Waals surface area contributed by atoms with E-state index in [1.807, 2.05) is 18.2 Å². The molecule has 0 bridgehead atoms. The molecule has 1 aromatic carbocycles. The highest BCUT2D eigenvalue weighted by atomic mass is 16.5. The molecule has 2 aromatic rings. The van der Waals surface area contributed by atoms with Gasteiger partial charge in [0.1, 0.15) is 5.75 Å². The van der Waals surface area contributed by atoms with Crippen LogP contribution >= 0.6 is 0 Å². The monoisotopic (exact) mass is 159 g/mol. The summed E-state index contributed by atoms with van der Waals surface area (Å²) in [6.45, 7) is 0. The minimum absolute atomic E-state index is 0.801. The third-order valence-corrected chi connectivity index (χ3v) is 1.67. The smallest absolute Gasteiger partial charge is 0.198 e. The number of benzene rings is 1. The summed E-state index contributed by atoms with van der Waals surface area (Å²) in [5.74, 6) is 0.801.